The van der Waals surface area contributed by atoms with E-state index < -0.39 is 0 Å². The maximum absolute atomic E-state index is 6.07. The molecule has 0 saturated heterocycles. The van der Waals surface area contributed by atoms with Gasteiger partial charge in [-0.1, -0.05) is 146 Å². The van der Waals surface area contributed by atoms with Gasteiger partial charge < -0.3 is 5.73 Å². The Morgan fingerprint density at radius 2 is 1.33 bits per heavy atom. The Labute approximate surface area is 265 Å². The second-order valence-electron chi connectivity index (χ2n) is 11.4. The van der Waals surface area contributed by atoms with Crippen LogP contribution in [-0.4, -0.2) is 5.71 Å². The van der Waals surface area contributed by atoms with Gasteiger partial charge in [0.15, 0.2) is 0 Å². The Kier molecular flexibility index (Phi) is 7.78. The van der Waals surface area contributed by atoms with Crippen LogP contribution < -0.4 is 5.73 Å². The molecule has 1 aliphatic rings. The number of anilines is 1. The molecular weight excluding hydrogens is 544 g/mol. The van der Waals surface area contributed by atoms with Crippen LogP contribution in [0.1, 0.15) is 24.5 Å². The smallest absolute Gasteiger partial charge is 0.0740 e. The predicted octanol–water partition coefficient (Wildman–Crippen LogP) is 11.2. The monoisotopic (exact) mass is 578 g/mol. The number of benzene rings is 6. The molecule has 0 heterocycles. The van der Waals surface area contributed by atoms with Gasteiger partial charge in [0.1, 0.15) is 0 Å². The molecule has 0 radical (unpaired) electrons. The molecule has 0 aromatic heterocycles. The third-order valence-electron chi connectivity index (χ3n) is 8.43. The van der Waals surface area contributed by atoms with Crippen molar-refractivity contribution in [1.29, 1.82) is 0 Å². The molecule has 45 heavy (non-hydrogen) atoms. The molecule has 0 fully saturated rings. The molecule has 0 unspecified atom stereocenters. The minimum atomic E-state index is 0.769. The zero-order chi connectivity index (χ0) is 30.6. The van der Waals surface area contributed by atoms with Crippen molar-refractivity contribution in [3.63, 3.8) is 0 Å². The molecule has 2 nitrogen and oxygen atoms in total. The van der Waals surface area contributed by atoms with Gasteiger partial charge >= 0.3 is 0 Å². The quantitative estimate of drug-likeness (QED) is 0.155. The molecule has 2 N–H and O–H groups in total. The molecule has 0 spiro atoms. The SMILES string of the molecule is C/C(=N\C(=C1\C=CC=CC1)c1cccc(-c2c(-c3ccc(-c4cccc(N)c4)cc3)ccc3ccccc23)c1)c1ccccc1. The summed E-state index contributed by atoms with van der Waals surface area (Å²) in [4.78, 5) is 5.27. The Balaban J connectivity index is 1.37. The van der Waals surface area contributed by atoms with Gasteiger partial charge in [-0.3, -0.25) is 4.99 Å². The third-order valence-corrected chi connectivity index (χ3v) is 8.43. The summed E-state index contributed by atoms with van der Waals surface area (Å²) >= 11 is 0. The van der Waals surface area contributed by atoms with Crippen LogP contribution in [-0.2, 0) is 0 Å². The summed E-state index contributed by atoms with van der Waals surface area (Å²) in [5.41, 5.74) is 19.3. The van der Waals surface area contributed by atoms with Crippen LogP contribution in [0.4, 0.5) is 5.69 Å². The first-order valence-corrected chi connectivity index (χ1v) is 15.4. The second-order valence-corrected chi connectivity index (χ2v) is 11.4. The fourth-order valence-electron chi connectivity index (χ4n) is 6.13. The lowest BCUT2D eigenvalue weighted by molar-refractivity contribution is 1.24. The normalized spacial score (nSPS) is 14.1. The molecule has 1 aliphatic carbocycles. The van der Waals surface area contributed by atoms with E-state index in [2.05, 4.69) is 146 Å². The lowest BCUT2D eigenvalue weighted by Gasteiger charge is -2.17. The van der Waals surface area contributed by atoms with E-state index in [4.69, 9.17) is 10.7 Å². The summed E-state index contributed by atoms with van der Waals surface area (Å²) in [5, 5.41) is 2.45. The van der Waals surface area contributed by atoms with Crippen molar-refractivity contribution in [2.75, 3.05) is 5.73 Å². The van der Waals surface area contributed by atoms with Crippen molar-refractivity contribution in [3.05, 3.63) is 181 Å². The van der Waals surface area contributed by atoms with Gasteiger partial charge in [0.2, 0.25) is 0 Å². The van der Waals surface area contributed by atoms with Gasteiger partial charge in [0.05, 0.1) is 5.70 Å². The molecule has 216 valence electrons. The minimum Gasteiger partial charge on any atom is -0.399 e. The first kappa shape index (κ1) is 28.1. The van der Waals surface area contributed by atoms with Crippen LogP contribution in [0.2, 0.25) is 0 Å². The van der Waals surface area contributed by atoms with Crippen molar-refractivity contribution in [2.24, 2.45) is 4.99 Å². The van der Waals surface area contributed by atoms with Crippen LogP contribution in [0.3, 0.4) is 0 Å². The van der Waals surface area contributed by atoms with E-state index in [0.29, 0.717) is 0 Å². The van der Waals surface area contributed by atoms with Crippen LogP contribution in [0.25, 0.3) is 49.9 Å². The molecule has 0 bridgehead atoms. The second kappa shape index (κ2) is 12.5. The van der Waals surface area contributed by atoms with Gasteiger partial charge in [-0.25, -0.2) is 0 Å². The van der Waals surface area contributed by atoms with Crippen LogP contribution in [0, 0.1) is 0 Å². The Hall–Kier alpha value is -5.73. The van der Waals surface area contributed by atoms with Crippen molar-refractivity contribution < 1.29 is 0 Å². The fraction of sp³-hybridized carbons (Fsp3) is 0.0465. The largest absolute Gasteiger partial charge is 0.399 e. The van der Waals surface area contributed by atoms with Gasteiger partial charge in [0, 0.05) is 17.0 Å². The Morgan fingerprint density at radius 1 is 0.600 bits per heavy atom. The first-order chi connectivity index (χ1) is 22.1. The minimum absolute atomic E-state index is 0.769. The number of fused-ring (bicyclic) bond motifs is 1. The fourth-order valence-corrected chi connectivity index (χ4v) is 6.13. The molecule has 7 rings (SSSR count). The van der Waals surface area contributed by atoms with Crippen molar-refractivity contribution in [2.45, 2.75) is 13.3 Å². The highest BCUT2D eigenvalue weighted by atomic mass is 14.8. The summed E-state index contributed by atoms with van der Waals surface area (Å²) in [6.07, 6.45) is 9.44. The topological polar surface area (TPSA) is 38.4 Å². The maximum Gasteiger partial charge on any atom is 0.0740 e. The van der Waals surface area contributed by atoms with E-state index in [1.807, 2.05) is 24.3 Å². The zero-order valence-corrected chi connectivity index (χ0v) is 25.3. The molecular formula is C43H34N2. The standard InChI is InChI=1S/C43H34N2/c1-30(31-12-4-2-5-13-31)45-43(35-15-6-3-7-16-35)38-19-10-18-37(28-38)42-40-21-9-8-14-33(40)26-27-41(42)34-24-22-32(23-25-34)36-17-11-20-39(44)29-36/h2-15,17-29H,16,44H2,1H3/b43-35-,45-30+. The number of allylic oxidation sites excluding steroid dienone is 5. The van der Waals surface area contributed by atoms with E-state index in [1.165, 1.54) is 38.6 Å². The summed E-state index contributed by atoms with van der Waals surface area (Å²) < 4.78 is 0. The number of nitrogen functional groups attached to an aromatic ring is 1. The van der Waals surface area contributed by atoms with E-state index in [9.17, 15) is 0 Å². The highest BCUT2D eigenvalue weighted by Crippen LogP contribution is 2.40. The number of hydrogen-bond donors (Lipinski definition) is 1. The van der Waals surface area contributed by atoms with Crippen LogP contribution >= 0.6 is 0 Å². The Morgan fingerprint density at radius 3 is 2.13 bits per heavy atom. The molecule has 6 aromatic rings. The number of aliphatic imine (C=N–C) groups is 1. The highest BCUT2D eigenvalue weighted by Gasteiger charge is 2.15. The molecule has 0 aliphatic heterocycles. The zero-order valence-electron chi connectivity index (χ0n) is 25.3. The van der Waals surface area contributed by atoms with E-state index in [0.717, 1.165) is 45.8 Å². The van der Waals surface area contributed by atoms with Crippen LogP contribution in [0.5, 0.6) is 0 Å². The molecule has 2 heteroatoms. The lowest BCUT2D eigenvalue weighted by Crippen LogP contribution is -1.98. The number of nitrogens with two attached hydrogens (primary N) is 1. The number of nitrogens with zero attached hydrogens (tertiary/aromatic N) is 1. The lowest BCUT2D eigenvalue weighted by atomic mass is 9.88. The van der Waals surface area contributed by atoms with Crippen LogP contribution in [0.15, 0.2) is 174 Å². The average Bonchev–Trinajstić information content (AvgIpc) is 3.11. The molecule has 0 saturated carbocycles. The molecule has 0 atom stereocenters. The summed E-state index contributed by atoms with van der Waals surface area (Å²) in [7, 11) is 0. The van der Waals surface area contributed by atoms with Gasteiger partial charge in [-0.2, -0.15) is 0 Å². The molecule has 6 aromatic carbocycles. The first-order valence-electron chi connectivity index (χ1n) is 15.4. The third kappa shape index (κ3) is 5.91. The van der Waals surface area contributed by atoms with E-state index >= 15 is 0 Å². The maximum atomic E-state index is 6.07. The summed E-state index contributed by atoms with van der Waals surface area (Å²) in [5.74, 6) is 0. The van der Waals surface area contributed by atoms with Gasteiger partial charge in [-0.05, 0) is 86.8 Å². The van der Waals surface area contributed by atoms with Crippen molar-refractivity contribution in [1.82, 2.24) is 0 Å². The Bertz CT molecular complexity index is 2130. The summed E-state index contributed by atoms with van der Waals surface area (Å²) in [6, 6.07) is 49.3. The summed E-state index contributed by atoms with van der Waals surface area (Å²) in [6.45, 7) is 2.10. The average molecular weight is 579 g/mol. The predicted molar refractivity (Wildman–Crippen MR) is 193 cm³/mol. The van der Waals surface area contributed by atoms with E-state index in [-0.39, 0.29) is 0 Å². The molecule has 0 amide bonds. The number of hydrogen-bond acceptors (Lipinski definition) is 2. The van der Waals surface area contributed by atoms with Crippen molar-refractivity contribution in [3.8, 4) is 33.4 Å². The van der Waals surface area contributed by atoms with Gasteiger partial charge in [0.25, 0.3) is 0 Å². The van der Waals surface area contributed by atoms with Crippen molar-refractivity contribution >= 4 is 27.9 Å². The van der Waals surface area contributed by atoms with Gasteiger partial charge in [-0.15, -0.1) is 0 Å². The van der Waals surface area contributed by atoms with E-state index in [1.54, 1.807) is 0 Å². The number of rotatable bonds is 6. The highest BCUT2D eigenvalue weighted by molar-refractivity contribution is 6.05.